The van der Waals surface area contributed by atoms with Crippen LogP contribution in [0, 0.1) is 0 Å². The van der Waals surface area contributed by atoms with Crippen LogP contribution >= 0.6 is 0 Å². The number of ether oxygens (including phenoxy) is 1. The second-order valence-corrected chi connectivity index (χ2v) is 5.56. The fourth-order valence-corrected chi connectivity index (χ4v) is 2.90. The molecule has 0 saturated heterocycles. The van der Waals surface area contributed by atoms with E-state index in [1.165, 1.54) is 32.1 Å². The number of aliphatic hydroxyl groups excluding tert-OH is 1. The van der Waals surface area contributed by atoms with Gasteiger partial charge in [0, 0.05) is 12.1 Å². The molecule has 1 atom stereocenters. The highest BCUT2D eigenvalue weighted by molar-refractivity contribution is 4.85. The van der Waals surface area contributed by atoms with Gasteiger partial charge in [0.1, 0.15) is 0 Å². The molecule has 0 spiro atoms. The molecule has 1 unspecified atom stereocenters. The first kappa shape index (κ1) is 15.9. The second kappa shape index (κ2) is 8.89. The second-order valence-electron chi connectivity index (χ2n) is 5.56. The van der Waals surface area contributed by atoms with Gasteiger partial charge in [-0.1, -0.05) is 33.1 Å². The fourth-order valence-electron chi connectivity index (χ4n) is 2.90. The molecule has 0 bridgehead atoms. The molecule has 0 amide bonds. The van der Waals surface area contributed by atoms with Crippen LogP contribution in [0.25, 0.3) is 0 Å². The van der Waals surface area contributed by atoms with E-state index in [4.69, 9.17) is 4.74 Å². The highest BCUT2D eigenvalue weighted by Gasteiger charge is 2.25. The van der Waals surface area contributed by atoms with Crippen molar-refractivity contribution in [1.82, 2.24) is 5.32 Å². The van der Waals surface area contributed by atoms with Gasteiger partial charge in [-0.25, -0.2) is 0 Å². The molecule has 108 valence electrons. The Morgan fingerprint density at radius 2 is 1.94 bits per heavy atom. The van der Waals surface area contributed by atoms with Crippen LogP contribution in [-0.2, 0) is 4.74 Å². The Morgan fingerprint density at radius 1 is 1.22 bits per heavy atom. The van der Waals surface area contributed by atoms with Gasteiger partial charge in [0.25, 0.3) is 0 Å². The predicted octanol–water partition coefficient (Wildman–Crippen LogP) is 2.87. The van der Waals surface area contributed by atoms with E-state index in [0.717, 1.165) is 32.4 Å². The van der Waals surface area contributed by atoms with Crippen LogP contribution in [0.3, 0.4) is 0 Å². The fraction of sp³-hybridized carbons (Fsp3) is 1.00. The van der Waals surface area contributed by atoms with Gasteiger partial charge in [-0.05, 0) is 38.6 Å². The van der Waals surface area contributed by atoms with Crippen LogP contribution in [0.2, 0.25) is 0 Å². The van der Waals surface area contributed by atoms with Crippen molar-refractivity contribution in [2.75, 3.05) is 19.8 Å². The Balaban J connectivity index is 2.17. The average Bonchev–Trinajstić information content (AvgIpc) is 2.43. The van der Waals surface area contributed by atoms with Gasteiger partial charge in [0.05, 0.1) is 12.7 Å². The third-order valence-corrected chi connectivity index (χ3v) is 4.24. The number of aliphatic hydroxyl groups is 1. The lowest BCUT2D eigenvalue weighted by atomic mass is 9.91. The van der Waals surface area contributed by atoms with Crippen molar-refractivity contribution in [1.29, 1.82) is 0 Å². The molecule has 1 saturated carbocycles. The molecule has 0 radical (unpaired) electrons. The minimum absolute atomic E-state index is 0.0926. The first-order valence-electron chi connectivity index (χ1n) is 7.74. The van der Waals surface area contributed by atoms with Crippen molar-refractivity contribution in [3.8, 4) is 0 Å². The number of nitrogens with one attached hydrogen (secondary N) is 1. The first-order chi connectivity index (χ1) is 8.76. The van der Waals surface area contributed by atoms with Gasteiger partial charge in [0.2, 0.25) is 0 Å². The molecule has 0 aliphatic heterocycles. The third-order valence-electron chi connectivity index (χ3n) is 4.24. The zero-order valence-electron chi connectivity index (χ0n) is 12.2. The molecule has 1 aliphatic rings. The largest absolute Gasteiger partial charge is 0.394 e. The van der Waals surface area contributed by atoms with Crippen molar-refractivity contribution >= 4 is 0 Å². The molecular weight excluding hydrogens is 226 g/mol. The van der Waals surface area contributed by atoms with Crippen molar-refractivity contribution in [3.05, 3.63) is 0 Å². The van der Waals surface area contributed by atoms with E-state index >= 15 is 0 Å². The van der Waals surface area contributed by atoms with Gasteiger partial charge >= 0.3 is 0 Å². The molecule has 1 aliphatic carbocycles. The van der Waals surface area contributed by atoms with E-state index < -0.39 is 0 Å². The van der Waals surface area contributed by atoms with E-state index in [-0.39, 0.29) is 12.1 Å². The van der Waals surface area contributed by atoms with Gasteiger partial charge in [0.15, 0.2) is 0 Å². The maximum atomic E-state index is 9.55. The molecule has 0 aromatic heterocycles. The maximum absolute atomic E-state index is 9.55. The molecule has 0 aromatic rings. The molecule has 3 nitrogen and oxygen atoms in total. The summed E-state index contributed by atoms with van der Waals surface area (Å²) < 4.78 is 5.94. The Bertz CT molecular complexity index is 199. The smallest absolute Gasteiger partial charge is 0.0613 e. The molecule has 0 aromatic carbocycles. The predicted molar refractivity (Wildman–Crippen MR) is 75.8 cm³/mol. The quantitative estimate of drug-likeness (QED) is 0.624. The van der Waals surface area contributed by atoms with E-state index in [1.807, 2.05) is 0 Å². The van der Waals surface area contributed by atoms with E-state index in [1.54, 1.807) is 0 Å². The van der Waals surface area contributed by atoms with Crippen LogP contribution in [0.1, 0.15) is 65.2 Å². The molecule has 1 fully saturated rings. The number of rotatable bonds is 9. The van der Waals surface area contributed by atoms with Crippen LogP contribution in [0.4, 0.5) is 0 Å². The SMILES string of the molecule is CCNC(CC)(CO)CCCOC1CCCCC1. The van der Waals surface area contributed by atoms with Crippen molar-refractivity contribution in [2.45, 2.75) is 76.9 Å². The summed E-state index contributed by atoms with van der Waals surface area (Å²) in [5.41, 5.74) is -0.0926. The average molecular weight is 257 g/mol. The zero-order chi connectivity index (χ0) is 13.3. The summed E-state index contributed by atoms with van der Waals surface area (Å²) in [5.74, 6) is 0. The maximum Gasteiger partial charge on any atom is 0.0613 e. The summed E-state index contributed by atoms with van der Waals surface area (Å²) in [7, 11) is 0. The monoisotopic (exact) mass is 257 g/mol. The van der Waals surface area contributed by atoms with E-state index in [9.17, 15) is 5.11 Å². The minimum Gasteiger partial charge on any atom is -0.394 e. The lowest BCUT2D eigenvalue weighted by molar-refractivity contribution is 0.0210. The lowest BCUT2D eigenvalue weighted by Crippen LogP contribution is -2.48. The highest BCUT2D eigenvalue weighted by atomic mass is 16.5. The van der Waals surface area contributed by atoms with Crippen LogP contribution in [0.15, 0.2) is 0 Å². The summed E-state index contributed by atoms with van der Waals surface area (Å²) in [4.78, 5) is 0. The standard InChI is InChI=1S/C15H31NO2/c1-3-15(13-17,16-4-2)11-8-12-18-14-9-6-5-7-10-14/h14,16-17H,3-13H2,1-2H3. The van der Waals surface area contributed by atoms with Crippen LogP contribution in [-0.4, -0.2) is 36.5 Å². The Labute approximate surface area is 112 Å². The molecule has 3 heteroatoms. The van der Waals surface area contributed by atoms with Crippen LogP contribution in [0.5, 0.6) is 0 Å². The van der Waals surface area contributed by atoms with Gasteiger partial charge in [-0.2, -0.15) is 0 Å². The third kappa shape index (κ3) is 5.25. The van der Waals surface area contributed by atoms with E-state index in [0.29, 0.717) is 6.10 Å². The Kier molecular flexibility index (Phi) is 7.87. The highest BCUT2D eigenvalue weighted by Crippen LogP contribution is 2.21. The molecule has 2 N–H and O–H groups in total. The van der Waals surface area contributed by atoms with Crippen molar-refractivity contribution < 1.29 is 9.84 Å². The minimum atomic E-state index is -0.0926. The van der Waals surface area contributed by atoms with Gasteiger partial charge in [-0.15, -0.1) is 0 Å². The van der Waals surface area contributed by atoms with E-state index in [2.05, 4.69) is 19.2 Å². The topological polar surface area (TPSA) is 41.5 Å². The summed E-state index contributed by atoms with van der Waals surface area (Å²) in [6, 6.07) is 0. The molecule has 18 heavy (non-hydrogen) atoms. The van der Waals surface area contributed by atoms with Gasteiger partial charge < -0.3 is 15.2 Å². The first-order valence-corrected chi connectivity index (χ1v) is 7.74. The lowest BCUT2D eigenvalue weighted by Gasteiger charge is -2.32. The number of hydrogen-bond donors (Lipinski definition) is 2. The molecule has 1 rings (SSSR count). The van der Waals surface area contributed by atoms with Crippen molar-refractivity contribution in [3.63, 3.8) is 0 Å². The zero-order valence-corrected chi connectivity index (χ0v) is 12.2. The summed E-state index contributed by atoms with van der Waals surface area (Å²) in [6.45, 7) is 6.22. The number of hydrogen-bond acceptors (Lipinski definition) is 3. The normalized spacial score (nSPS) is 20.8. The van der Waals surface area contributed by atoms with Crippen LogP contribution < -0.4 is 5.32 Å². The Morgan fingerprint density at radius 3 is 2.50 bits per heavy atom. The summed E-state index contributed by atoms with van der Waals surface area (Å²) in [5, 5.41) is 13.0. The number of likely N-dealkylation sites (N-methyl/N-ethyl adjacent to an activating group) is 1. The molecule has 0 heterocycles. The van der Waals surface area contributed by atoms with Crippen molar-refractivity contribution in [2.24, 2.45) is 0 Å². The molecular formula is C15H31NO2. The summed E-state index contributed by atoms with van der Waals surface area (Å²) in [6.07, 6.45) is 10.0. The summed E-state index contributed by atoms with van der Waals surface area (Å²) >= 11 is 0. The van der Waals surface area contributed by atoms with Gasteiger partial charge in [-0.3, -0.25) is 0 Å². The Hall–Kier alpha value is -0.120.